The fourth-order valence-corrected chi connectivity index (χ4v) is 9.54. The van der Waals surface area contributed by atoms with E-state index >= 15 is 0 Å². The SMILES string of the molecule is F[C@]12C[C@]3(Cl)C[C@](Br)(C1)C[C@](I)(C2)C3. The highest BCUT2D eigenvalue weighted by Crippen LogP contribution is 2.69. The third-order valence-corrected chi connectivity index (χ3v) is 6.19. The summed E-state index contributed by atoms with van der Waals surface area (Å²) in [4.78, 5) is -0.270. The minimum absolute atomic E-state index is 0.0144. The molecule has 0 unspecified atom stereocenters. The Hall–Kier alpha value is 1.43. The molecule has 4 bridgehead atoms. The first-order chi connectivity index (χ1) is 6.24. The third kappa shape index (κ3) is 1.48. The Bertz CT molecular complexity index is 213. The molecule has 0 heterocycles. The molecule has 4 saturated carbocycles. The molecule has 0 saturated heterocycles. The van der Waals surface area contributed by atoms with Gasteiger partial charge in [0.2, 0.25) is 0 Å². The lowest BCUT2D eigenvalue weighted by molar-refractivity contribution is -0.0283. The Kier molecular flexibility index (Phi) is 1.99. The predicted molar refractivity (Wildman–Crippen MR) is 68.5 cm³/mol. The van der Waals surface area contributed by atoms with Gasteiger partial charge in [0, 0.05) is 14.2 Å². The second-order valence-corrected chi connectivity index (χ2v) is 10.4. The highest BCUT2D eigenvalue weighted by atomic mass is 127. The van der Waals surface area contributed by atoms with Crippen LogP contribution in [0.1, 0.15) is 38.5 Å². The molecular weight excluding hydrogens is 381 g/mol. The average molecular weight is 393 g/mol. The van der Waals surface area contributed by atoms with Crippen LogP contribution >= 0.6 is 50.1 Å². The summed E-state index contributed by atoms with van der Waals surface area (Å²) < 4.78 is 14.6. The summed E-state index contributed by atoms with van der Waals surface area (Å²) in [6.45, 7) is 0. The summed E-state index contributed by atoms with van der Waals surface area (Å²) in [6.07, 6.45) is 4.96. The van der Waals surface area contributed by atoms with E-state index in [4.69, 9.17) is 11.6 Å². The van der Waals surface area contributed by atoms with Gasteiger partial charge >= 0.3 is 0 Å². The zero-order valence-electron chi connectivity index (χ0n) is 7.75. The molecule has 0 amide bonds. The monoisotopic (exact) mass is 392 g/mol. The second-order valence-electron chi connectivity index (χ2n) is 5.66. The quantitative estimate of drug-likeness (QED) is 0.424. The van der Waals surface area contributed by atoms with E-state index < -0.39 is 5.67 Å². The van der Waals surface area contributed by atoms with Gasteiger partial charge in [-0.2, -0.15) is 0 Å². The van der Waals surface area contributed by atoms with Crippen LogP contribution in [0.15, 0.2) is 0 Å². The molecule has 0 aliphatic heterocycles. The van der Waals surface area contributed by atoms with Gasteiger partial charge in [-0.25, -0.2) is 4.39 Å². The van der Waals surface area contributed by atoms with Crippen molar-refractivity contribution in [1.82, 2.24) is 0 Å². The van der Waals surface area contributed by atoms with Crippen molar-refractivity contribution < 1.29 is 4.39 Å². The summed E-state index contributed by atoms with van der Waals surface area (Å²) >= 11 is 12.7. The molecule has 4 aliphatic carbocycles. The minimum atomic E-state index is -0.999. The van der Waals surface area contributed by atoms with Crippen LogP contribution < -0.4 is 0 Å². The molecule has 4 rings (SSSR count). The topological polar surface area (TPSA) is 0 Å². The standard InChI is InChI=1S/C10H12BrClFI/c11-7-1-8(12)4-9(13,2-7)6-10(14,3-7)5-8/h1-6H2/t7-,8+,9-,10+/m0/s1. The van der Waals surface area contributed by atoms with Gasteiger partial charge in [-0.15, -0.1) is 11.6 Å². The van der Waals surface area contributed by atoms with Crippen LogP contribution in [0.2, 0.25) is 0 Å². The maximum absolute atomic E-state index is 14.5. The van der Waals surface area contributed by atoms with Crippen LogP contribution in [-0.2, 0) is 0 Å². The Morgan fingerprint density at radius 1 is 1.07 bits per heavy atom. The van der Waals surface area contributed by atoms with E-state index in [1.54, 1.807) is 0 Å². The highest BCUT2D eigenvalue weighted by molar-refractivity contribution is 14.1. The Morgan fingerprint density at radius 2 is 1.79 bits per heavy atom. The first-order valence-electron chi connectivity index (χ1n) is 5.00. The average Bonchev–Trinajstić information content (AvgIpc) is 1.67. The largest absolute Gasteiger partial charge is 0.244 e. The van der Waals surface area contributed by atoms with Crippen LogP contribution in [0.5, 0.6) is 0 Å². The van der Waals surface area contributed by atoms with Gasteiger partial charge in [0.25, 0.3) is 0 Å². The van der Waals surface area contributed by atoms with Crippen LogP contribution in [-0.4, -0.2) is 18.3 Å². The Labute approximate surface area is 111 Å². The lowest BCUT2D eigenvalue weighted by atomic mass is 9.54. The second kappa shape index (κ2) is 2.63. The lowest BCUT2D eigenvalue weighted by Crippen LogP contribution is -2.65. The third-order valence-electron chi connectivity index (χ3n) is 3.80. The summed E-state index contributed by atoms with van der Waals surface area (Å²) in [7, 11) is 0. The molecule has 4 fully saturated rings. The normalized spacial score (nSPS) is 66.0. The Morgan fingerprint density at radius 3 is 2.29 bits per heavy atom. The van der Waals surface area contributed by atoms with Gasteiger partial charge in [-0.3, -0.25) is 0 Å². The molecule has 0 aromatic heterocycles. The zero-order valence-corrected chi connectivity index (χ0v) is 12.3. The van der Waals surface area contributed by atoms with E-state index in [0.717, 1.165) is 19.3 Å². The number of hydrogen-bond donors (Lipinski definition) is 0. The van der Waals surface area contributed by atoms with E-state index in [-0.39, 0.29) is 12.6 Å². The summed E-state index contributed by atoms with van der Waals surface area (Å²) in [5.41, 5.74) is -0.999. The van der Waals surface area contributed by atoms with E-state index in [2.05, 4.69) is 38.5 Å². The van der Waals surface area contributed by atoms with Crippen molar-refractivity contribution in [3.05, 3.63) is 0 Å². The molecular formula is C10H12BrClFI. The minimum Gasteiger partial charge on any atom is -0.244 e. The van der Waals surface area contributed by atoms with Crippen molar-refractivity contribution in [2.24, 2.45) is 0 Å². The highest BCUT2D eigenvalue weighted by Gasteiger charge is 2.67. The molecule has 0 radical (unpaired) electrons. The molecule has 4 atom stereocenters. The van der Waals surface area contributed by atoms with Crippen molar-refractivity contribution in [3.63, 3.8) is 0 Å². The molecule has 0 nitrogen and oxygen atoms in total. The summed E-state index contributed by atoms with van der Waals surface area (Å²) in [6, 6.07) is 0. The van der Waals surface area contributed by atoms with Crippen molar-refractivity contribution in [3.8, 4) is 0 Å². The van der Waals surface area contributed by atoms with Crippen LogP contribution in [0.3, 0.4) is 0 Å². The van der Waals surface area contributed by atoms with Crippen molar-refractivity contribution in [1.29, 1.82) is 0 Å². The number of rotatable bonds is 0. The van der Waals surface area contributed by atoms with Crippen molar-refractivity contribution in [2.45, 2.75) is 56.8 Å². The number of hydrogen-bond acceptors (Lipinski definition) is 0. The first-order valence-corrected chi connectivity index (χ1v) is 7.25. The number of alkyl halides is 4. The number of halogens is 4. The maximum Gasteiger partial charge on any atom is 0.115 e. The molecule has 0 spiro atoms. The van der Waals surface area contributed by atoms with Gasteiger partial charge in [0.1, 0.15) is 5.67 Å². The molecule has 0 N–H and O–H groups in total. The summed E-state index contributed by atoms with van der Waals surface area (Å²) in [5, 5.41) is 0. The van der Waals surface area contributed by atoms with Crippen LogP contribution in [0.25, 0.3) is 0 Å². The van der Waals surface area contributed by atoms with Crippen LogP contribution in [0, 0.1) is 0 Å². The molecule has 14 heavy (non-hydrogen) atoms. The van der Waals surface area contributed by atoms with E-state index in [1.165, 1.54) is 0 Å². The van der Waals surface area contributed by atoms with Crippen LogP contribution in [0.4, 0.5) is 4.39 Å². The van der Waals surface area contributed by atoms with E-state index in [1.807, 2.05) is 0 Å². The van der Waals surface area contributed by atoms with Gasteiger partial charge in [0.05, 0.1) is 4.87 Å². The first kappa shape index (κ1) is 10.6. The fourth-order valence-electron chi connectivity index (χ4n) is 4.16. The van der Waals surface area contributed by atoms with Crippen molar-refractivity contribution >= 4 is 50.1 Å². The molecule has 0 aromatic rings. The van der Waals surface area contributed by atoms with E-state index in [9.17, 15) is 4.39 Å². The molecule has 0 aromatic carbocycles. The van der Waals surface area contributed by atoms with Gasteiger partial charge in [-0.05, 0) is 32.1 Å². The Balaban J connectivity index is 2.08. The van der Waals surface area contributed by atoms with Gasteiger partial charge < -0.3 is 0 Å². The predicted octanol–water partition coefficient (Wildman–Crippen LogP) is 4.36. The smallest absolute Gasteiger partial charge is 0.115 e. The zero-order chi connectivity index (χ0) is 10.2. The summed E-state index contributed by atoms with van der Waals surface area (Å²) in [5.74, 6) is 0. The maximum atomic E-state index is 14.5. The van der Waals surface area contributed by atoms with Crippen molar-refractivity contribution in [2.75, 3.05) is 0 Å². The van der Waals surface area contributed by atoms with Gasteiger partial charge in [0.15, 0.2) is 0 Å². The lowest BCUT2D eigenvalue weighted by Gasteiger charge is -2.63. The molecule has 4 aliphatic rings. The van der Waals surface area contributed by atoms with E-state index in [0.29, 0.717) is 19.3 Å². The molecule has 80 valence electrons. The fraction of sp³-hybridized carbons (Fsp3) is 1.00. The molecule has 4 heteroatoms. The van der Waals surface area contributed by atoms with Gasteiger partial charge in [-0.1, -0.05) is 38.5 Å².